The van der Waals surface area contributed by atoms with Crippen LogP contribution in [-0.4, -0.2) is 22.0 Å². The average molecular weight is 312 g/mol. The molecule has 1 aliphatic rings. The first-order valence-electron chi connectivity index (χ1n) is 7.80. The van der Waals surface area contributed by atoms with Crippen molar-refractivity contribution in [3.8, 4) is 0 Å². The van der Waals surface area contributed by atoms with Gasteiger partial charge in [-0.2, -0.15) is 5.10 Å². The van der Waals surface area contributed by atoms with E-state index < -0.39 is 0 Å². The molecule has 6 heteroatoms. The molecule has 0 atom stereocenters. The summed E-state index contributed by atoms with van der Waals surface area (Å²) in [5.41, 5.74) is 2.79. The lowest BCUT2D eigenvalue weighted by Crippen LogP contribution is -2.17. The number of nitrogens with one attached hydrogen (secondary N) is 3. The Bertz CT molecular complexity index is 714. The van der Waals surface area contributed by atoms with Crippen LogP contribution in [0.3, 0.4) is 0 Å². The van der Waals surface area contributed by atoms with Gasteiger partial charge < -0.3 is 10.6 Å². The van der Waals surface area contributed by atoms with Crippen LogP contribution in [0, 0.1) is 5.92 Å². The fraction of sp³-hybridized carbons (Fsp3) is 0.353. The van der Waals surface area contributed by atoms with Gasteiger partial charge in [0.2, 0.25) is 5.91 Å². The lowest BCUT2D eigenvalue weighted by atomic mass is 10.2. The van der Waals surface area contributed by atoms with Gasteiger partial charge in [0.1, 0.15) is 0 Å². The second kappa shape index (κ2) is 6.24. The Kier molecular flexibility index (Phi) is 4.14. The highest BCUT2D eigenvalue weighted by Crippen LogP contribution is 2.39. The maximum Gasteiger partial charge on any atom is 0.276 e. The summed E-state index contributed by atoms with van der Waals surface area (Å²) in [7, 11) is 0. The number of rotatable bonds is 5. The van der Waals surface area contributed by atoms with Crippen LogP contribution in [0.5, 0.6) is 0 Å². The zero-order chi connectivity index (χ0) is 16.4. The Morgan fingerprint density at radius 1 is 1.13 bits per heavy atom. The predicted octanol–water partition coefficient (Wildman–Crippen LogP) is 3.13. The second-order valence-electron chi connectivity index (χ2n) is 6.16. The number of H-pyrrole nitrogens is 1. The number of aromatic nitrogens is 2. The SMILES string of the molecule is CC(C)C(=O)Nc1ccc(NC(=O)c2cc(C3CC3)[nH]n2)cc1. The van der Waals surface area contributed by atoms with Crippen molar-refractivity contribution < 1.29 is 9.59 Å². The van der Waals surface area contributed by atoms with Gasteiger partial charge in [-0.3, -0.25) is 14.7 Å². The summed E-state index contributed by atoms with van der Waals surface area (Å²) < 4.78 is 0. The molecular formula is C17H20N4O2. The monoisotopic (exact) mass is 312 g/mol. The van der Waals surface area contributed by atoms with E-state index in [1.165, 1.54) is 0 Å². The number of benzene rings is 1. The Hall–Kier alpha value is -2.63. The lowest BCUT2D eigenvalue weighted by molar-refractivity contribution is -0.118. The van der Waals surface area contributed by atoms with E-state index in [1.807, 2.05) is 19.9 Å². The molecule has 0 saturated heterocycles. The second-order valence-corrected chi connectivity index (χ2v) is 6.16. The van der Waals surface area contributed by atoms with Crippen molar-refractivity contribution in [1.82, 2.24) is 10.2 Å². The fourth-order valence-corrected chi connectivity index (χ4v) is 2.18. The van der Waals surface area contributed by atoms with E-state index in [4.69, 9.17) is 0 Å². The molecule has 6 nitrogen and oxygen atoms in total. The lowest BCUT2D eigenvalue weighted by Gasteiger charge is -2.08. The maximum absolute atomic E-state index is 12.2. The van der Waals surface area contributed by atoms with E-state index in [9.17, 15) is 9.59 Å². The number of aromatic amines is 1. The maximum atomic E-state index is 12.2. The van der Waals surface area contributed by atoms with Crippen molar-refractivity contribution in [2.45, 2.75) is 32.6 Å². The van der Waals surface area contributed by atoms with E-state index in [1.54, 1.807) is 24.3 Å². The van der Waals surface area contributed by atoms with E-state index >= 15 is 0 Å². The number of hydrogen-bond donors (Lipinski definition) is 3. The molecule has 3 rings (SSSR count). The summed E-state index contributed by atoms with van der Waals surface area (Å²) in [5, 5.41) is 12.6. The standard InChI is InChI=1S/C17H20N4O2/c1-10(2)16(22)18-12-5-7-13(8-6-12)19-17(23)15-9-14(20-21-15)11-3-4-11/h5-11H,3-4H2,1-2H3,(H,18,22)(H,19,23)(H,20,21). The van der Waals surface area contributed by atoms with Crippen molar-refractivity contribution in [3.63, 3.8) is 0 Å². The topological polar surface area (TPSA) is 86.9 Å². The number of anilines is 2. The molecule has 0 radical (unpaired) electrons. The molecule has 0 unspecified atom stereocenters. The van der Waals surface area contributed by atoms with Gasteiger partial charge in [0, 0.05) is 28.9 Å². The molecule has 120 valence electrons. The zero-order valence-electron chi connectivity index (χ0n) is 13.2. The van der Waals surface area contributed by atoms with Crippen LogP contribution in [0.15, 0.2) is 30.3 Å². The molecule has 1 aromatic carbocycles. The Labute approximate surface area is 134 Å². The number of nitrogens with zero attached hydrogens (tertiary/aromatic N) is 1. The first kappa shape index (κ1) is 15.3. The zero-order valence-corrected chi connectivity index (χ0v) is 13.2. The first-order chi connectivity index (χ1) is 11.0. The normalized spacial score (nSPS) is 13.9. The molecule has 0 bridgehead atoms. The molecule has 0 aliphatic heterocycles. The molecule has 3 N–H and O–H groups in total. The third-order valence-electron chi connectivity index (χ3n) is 3.78. The van der Waals surface area contributed by atoms with Crippen molar-refractivity contribution in [2.24, 2.45) is 5.92 Å². The van der Waals surface area contributed by atoms with E-state index in [0.29, 0.717) is 23.0 Å². The fourth-order valence-electron chi connectivity index (χ4n) is 2.18. The molecule has 1 fully saturated rings. The summed E-state index contributed by atoms with van der Waals surface area (Å²) in [4.78, 5) is 23.8. The van der Waals surface area contributed by atoms with Crippen LogP contribution in [0.4, 0.5) is 11.4 Å². The quantitative estimate of drug-likeness (QED) is 0.792. The van der Waals surface area contributed by atoms with Gasteiger partial charge in [-0.05, 0) is 43.2 Å². The van der Waals surface area contributed by atoms with E-state index in [2.05, 4.69) is 20.8 Å². The summed E-state index contributed by atoms with van der Waals surface area (Å²) >= 11 is 0. The minimum absolute atomic E-state index is 0.0362. The summed E-state index contributed by atoms with van der Waals surface area (Å²) in [6.07, 6.45) is 2.32. The van der Waals surface area contributed by atoms with Crippen molar-refractivity contribution >= 4 is 23.2 Å². The minimum atomic E-state index is -0.243. The van der Waals surface area contributed by atoms with Gasteiger partial charge in [-0.1, -0.05) is 13.8 Å². The molecule has 1 aromatic heterocycles. The van der Waals surface area contributed by atoms with Gasteiger partial charge in [-0.15, -0.1) is 0 Å². The van der Waals surface area contributed by atoms with Crippen LogP contribution in [0.25, 0.3) is 0 Å². The highest BCUT2D eigenvalue weighted by atomic mass is 16.2. The van der Waals surface area contributed by atoms with Gasteiger partial charge in [-0.25, -0.2) is 0 Å². The van der Waals surface area contributed by atoms with Gasteiger partial charge >= 0.3 is 0 Å². The smallest absolute Gasteiger partial charge is 0.276 e. The summed E-state index contributed by atoms with van der Waals surface area (Å²) in [6, 6.07) is 8.83. The number of amides is 2. The minimum Gasteiger partial charge on any atom is -0.326 e. The summed E-state index contributed by atoms with van der Waals surface area (Å²) in [6.45, 7) is 3.67. The molecule has 0 spiro atoms. The molecule has 1 heterocycles. The van der Waals surface area contributed by atoms with Crippen LogP contribution in [0.1, 0.15) is 48.8 Å². The van der Waals surface area contributed by atoms with Crippen LogP contribution in [-0.2, 0) is 4.79 Å². The van der Waals surface area contributed by atoms with E-state index in [0.717, 1.165) is 18.5 Å². The van der Waals surface area contributed by atoms with Crippen LogP contribution >= 0.6 is 0 Å². The Morgan fingerprint density at radius 3 is 2.30 bits per heavy atom. The Morgan fingerprint density at radius 2 is 1.74 bits per heavy atom. The van der Waals surface area contributed by atoms with Gasteiger partial charge in [0.15, 0.2) is 5.69 Å². The third kappa shape index (κ3) is 3.77. The molecular weight excluding hydrogens is 292 g/mol. The average Bonchev–Trinajstić information content (AvgIpc) is 3.26. The number of carbonyl (C=O) groups is 2. The molecule has 23 heavy (non-hydrogen) atoms. The van der Waals surface area contributed by atoms with E-state index in [-0.39, 0.29) is 17.7 Å². The summed E-state index contributed by atoms with van der Waals surface area (Å²) in [5.74, 6) is 0.181. The molecule has 2 amide bonds. The molecule has 2 aromatic rings. The molecule has 1 aliphatic carbocycles. The highest BCUT2D eigenvalue weighted by molar-refractivity contribution is 6.03. The van der Waals surface area contributed by atoms with Gasteiger partial charge in [0.25, 0.3) is 5.91 Å². The number of hydrogen-bond acceptors (Lipinski definition) is 3. The largest absolute Gasteiger partial charge is 0.326 e. The van der Waals surface area contributed by atoms with Crippen molar-refractivity contribution in [2.75, 3.05) is 10.6 Å². The third-order valence-corrected chi connectivity index (χ3v) is 3.78. The first-order valence-corrected chi connectivity index (χ1v) is 7.80. The van der Waals surface area contributed by atoms with Crippen LogP contribution < -0.4 is 10.6 Å². The van der Waals surface area contributed by atoms with Crippen molar-refractivity contribution in [1.29, 1.82) is 0 Å². The predicted molar refractivity (Wildman–Crippen MR) is 88.4 cm³/mol. The van der Waals surface area contributed by atoms with Crippen molar-refractivity contribution in [3.05, 3.63) is 41.7 Å². The van der Waals surface area contributed by atoms with Gasteiger partial charge in [0.05, 0.1) is 0 Å². The number of carbonyl (C=O) groups excluding carboxylic acids is 2. The van der Waals surface area contributed by atoms with Crippen LogP contribution in [0.2, 0.25) is 0 Å². The highest BCUT2D eigenvalue weighted by Gasteiger charge is 2.26. The Balaban J connectivity index is 1.60. The molecule has 1 saturated carbocycles.